The first-order chi connectivity index (χ1) is 15.9. The zero-order valence-corrected chi connectivity index (χ0v) is 20.1. The van der Waals surface area contributed by atoms with Crippen LogP contribution in [0.15, 0.2) is 82.0 Å². The third kappa shape index (κ3) is 4.59. The molecule has 0 N–H and O–H groups in total. The summed E-state index contributed by atoms with van der Waals surface area (Å²) in [5, 5.41) is 2.73. The monoisotopic (exact) mass is 461 g/mol. The van der Waals surface area contributed by atoms with Gasteiger partial charge in [-0.2, -0.15) is 0 Å². The number of amidine groups is 1. The summed E-state index contributed by atoms with van der Waals surface area (Å²) < 4.78 is 5.13. The van der Waals surface area contributed by atoms with Crippen LogP contribution in [0.1, 0.15) is 36.1 Å². The summed E-state index contributed by atoms with van der Waals surface area (Å²) in [6.45, 7) is 4.39. The summed E-state index contributed by atoms with van der Waals surface area (Å²) in [5.74, 6) is -0.409. The number of methoxy groups -OCH3 is 1. The fraction of sp³-hybridized carbons (Fsp3) is 0.269. The molecule has 0 radical (unpaired) electrons. The maximum absolute atomic E-state index is 13.1. The minimum Gasteiger partial charge on any atom is -0.466 e. The van der Waals surface area contributed by atoms with Crippen LogP contribution in [0.25, 0.3) is 0 Å². The van der Waals surface area contributed by atoms with Crippen LogP contribution in [-0.2, 0) is 20.9 Å². The Kier molecular flexibility index (Phi) is 6.70. The molecule has 1 atom stereocenters. The molecule has 2 aliphatic rings. The number of hydrogen-bond acceptors (Lipinski definition) is 6. The van der Waals surface area contributed by atoms with Gasteiger partial charge in [-0.25, -0.2) is 9.79 Å². The van der Waals surface area contributed by atoms with Gasteiger partial charge in [0, 0.05) is 19.3 Å². The Morgan fingerprint density at radius 2 is 1.79 bits per heavy atom. The summed E-state index contributed by atoms with van der Waals surface area (Å²) in [7, 11) is 3.19. The van der Waals surface area contributed by atoms with Crippen molar-refractivity contribution >= 4 is 28.8 Å². The molecule has 2 aromatic carbocycles. The molecule has 1 amide bonds. The van der Waals surface area contributed by atoms with Crippen LogP contribution in [-0.4, -0.2) is 41.0 Å². The second-order valence-electron chi connectivity index (χ2n) is 8.15. The Morgan fingerprint density at radius 3 is 2.48 bits per heavy atom. The van der Waals surface area contributed by atoms with E-state index in [0.29, 0.717) is 17.8 Å². The number of thioether (sulfide) groups is 1. The van der Waals surface area contributed by atoms with E-state index in [2.05, 4.69) is 4.99 Å². The van der Waals surface area contributed by atoms with Gasteiger partial charge in [0.1, 0.15) is 0 Å². The van der Waals surface area contributed by atoms with Gasteiger partial charge >= 0.3 is 5.97 Å². The highest BCUT2D eigenvalue weighted by Gasteiger charge is 2.41. The molecule has 0 saturated carbocycles. The molecular weight excluding hydrogens is 434 g/mol. The van der Waals surface area contributed by atoms with E-state index in [4.69, 9.17) is 4.74 Å². The van der Waals surface area contributed by atoms with Gasteiger partial charge in [-0.1, -0.05) is 66.4 Å². The highest BCUT2D eigenvalue weighted by Crippen LogP contribution is 2.45. The number of rotatable bonds is 6. The third-order valence-corrected chi connectivity index (χ3v) is 6.80. The van der Waals surface area contributed by atoms with Crippen molar-refractivity contribution in [3.8, 4) is 0 Å². The second kappa shape index (κ2) is 9.67. The first-order valence-corrected chi connectivity index (χ1v) is 11.6. The molecule has 0 saturated heterocycles. The van der Waals surface area contributed by atoms with E-state index in [0.717, 1.165) is 27.6 Å². The molecule has 7 heteroatoms. The lowest BCUT2D eigenvalue weighted by Crippen LogP contribution is -2.38. The summed E-state index contributed by atoms with van der Waals surface area (Å²) in [6.07, 6.45) is 0.214. The van der Waals surface area contributed by atoms with Crippen molar-refractivity contribution in [2.45, 2.75) is 32.9 Å². The largest absolute Gasteiger partial charge is 0.466 e. The van der Waals surface area contributed by atoms with Crippen LogP contribution in [0.5, 0.6) is 0 Å². The fourth-order valence-electron chi connectivity index (χ4n) is 4.16. The Bertz CT molecular complexity index is 1170. The fourth-order valence-corrected chi connectivity index (χ4v) is 5.13. The van der Waals surface area contributed by atoms with Crippen molar-refractivity contribution in [3.05, 3.63) is 93.7 Å². The number of carbonyl (C=O) groups is 2. The normalized spacial score (nSPS) is 17.3. The lowest BCUT2D eigenvalue weighted by atomic mass is 9.91. The zero-order chi connectivity index (χ0) is 23.5. The Labute approximate surface area is 198 Å². The van der Waals surface area contributed by atoms with Gasteiger partial charge < -0.3 is 14.5 Å². The van der Waals surface area contributed by atoms with Crippen molar-refractivity contribution in [2.75, 3.05) is 14.2 Å². The van der Waals surface area contributed by atoms with Gasteiger partial charge in [0.15, 0.2) is 5.17 Å². The topological polar surface area (TPSA) is 62.2 Å². The number of benzene rings is 2. The van der Waals surface area contributed by atoms with Crippen molar-refractivity contribution < 1.29 is 14.3 Å². The van der Waals surface area contributed by atoms with Gasteiger partial charge in [-0.3, -0.25) is 4.79 Å². The molecule has 0 bridgehead atoms. The number of aryl methyl sites for hydroxylation is 1. The average Bonchev–Trinajstić information content (AvgIpc) is 3.20. The molecule has 0 aliphatic carbocycles. The minimum atomic E-state index is -0.410. The first-order valence-electron chi connectivity index (χ1n) is 10.8. The molecule has 4 rings (SSSR count). The van der Waals surface area contributed by atoms with E-state index >= 15 is 0 Å². The molecule has 1 unspecified atom stereocenters. The van der Waals surface area contributed by atoms with Crippen LogP contribution in [0.3, 0.4) is 0 Å². The molecule has 0 aromatic heterocycles. The highest BCUT2D eigenvalue weighted by atomic mass is 32.2. The molecule has 2 heterocycles. The predicted octanol–water partition coefficient (Wildman–Crippen LogP) is 4.79. The summed E-state index contributed by atoms with van der Waals surface area (Å²) in [4.78, 5) is 34.4. The van der Waals surface area contributed by atoms with Gasteiger partial charge in [0.05, 0.1) is 30.8 Å². The van der Waals surface area contributed by atoms with E-state index in [1.54, 1.807) is 4.90 Å². The smallest absolute Gasteiger partial charge is 0.338 e. The summed E-state index contributed by atoms with van der Waals surface area (Å²) in [6, 6.07) is 17.5. The first kappa shape index (κ1) is 22.9. The molecule has 0 fully saturated rings. The maximum Gasteiger partial charge on any atom is 0.338 e. The van der Waals surface area contributed by atoms with Crippen LogP contribution in [0.2, 0.25) is 0 Å². The average molecular weight is 462 g/mol. The van der Waals surface area contributed by atoms with Crippen molar-refractivity contribution in [1.29, 1.82) is 0 Å². The number of nitrogens with zero attached hydrogens (tertiary/aromatic N) is 3. The van der Waals surface area contributed by atoms with Gasteiger partial charge in [-0.05, 0) is 35.9 Å². The number of allylic oxidation sites excluding steroid dienone is 1. The maximum atomic E-state index is 13.1. The molecule has 2 aliphatic heterocycles. The van der Waals surface area contributed by atoms with Crippen LogP contribution in [0.4, 0.5) is 0 Å². The van der Waals surface area contributed by atoms with Crippen LogP contribution in [0, 0.1) is 6.92 Å². The Hall–Kier alpha value is -3.32. The molecule has 170 valence electrons. The molecule has 33 heavy (non-hydrogen) atoms. The van der Waals surface area contributed by atoms with E-state index < -0.39 is 12.0 Å². The third-order valence-electron chi connectivity index (χ3n) is 5.91. The second-order valence-corrected chi connectivity index (χ2v) is 8.99. The number of amides is 1. The van der Waals surface area contributed by atoms with Crippen LogP contribution < -0.4 is 0 Å². The SMILES string of the molecule is COC(=O)C1=C(C)N=C2SC=C(CC(=O)N(C)Cc3ccccc3)N2C1c1ccccc1C. The van der Waals surface area contributed by atoms with E-state index in [9.17, 15) is 9.59 Å². The lowest BCUT2D eigenvalue weighted by molar-refractivity contribution is -0.136. The van der Waals surface area contributed by atoms with Crippen molar-refractivity contribution in [3.63, 3.8) is 0 Å². The van der Waals surface area contributed by atoms with Gasteiger partial charge in [0.2, 0.25) is 5.91 Å². The summed E-state index contributed by atoms with van der Waals surface area (Å²) >= 11 is 1.48. The zero-order valence-electron chi connectivity index (χ0n) is 19.2. The van der Waals surface area contributed by atoms with Gasteiger partial charge in [-0.15, -0.1) is 0 Å². The number of aliphatic imine (C=N–C) groups is 1. The molecule has 2 aromatic rings. The van der Waals surface area contributed by atoms with Crippen LogP contribution >= 0.6 is 11.8 Å². The molecule has 6 nitrogen and oxygen atoms in total. The quantitative estimate of drug-likeness (QED) is 0.579. The van der Waals surface area contributed by atoms with Crippen molar-refractivity contribution in [2.24, 2.45) is 4.99 Å². The van der Waals surface area contributed by atoms with E-state index in [1.807, 2.05) is 85.8 Å². The van der Waals surface area contributed by atoms with E-state index in [1.165, 1.54) is 18.9 Å². The molecular formula is C26H27N3O3S. The number of hydrogen-bond donors (Lipinski definition) is 0. The predicted molar refractivity (Wildman–Crippen MR) is 131 cm³/mol. The van der Waals surface area contributed by atoms with E-state index in [-0.39, 0.29) is 12.3 Å². The number of carbonyl (C=O) groups excluding carboxylic acids is 2. The minimum absolute atomic E-state index is 0.00128. The number of esters is 1. The van der Waals surface area contributed by atoms with Crippen molar-refractivity contribution in [1.82, 2.24) is 9.80 Å². The van der Waals surface area contributed by atoms with Gasteiger partial charge in [0.25, 0.3) is 0 Å². The molecule has 0 spiro atoms. The lowest BCUT2D eigenvalue weighted by Gasteiger charge is -2.37. The Morgan fingerprint density at radius 1 is 1.09 bits per heavy atom. The Balaban J connectivity index is 1.65. The highest BCUT2D eigenvalue weighted by molar-refractivity contribution is 8.16. The standard InChI is InChI=1S/C26H27N3O3S/c1-17-10-8-9-13-21(17)24-23(25(31)32-4)18(2)27-26-29(24)20(16-33-26)14-22(30)28(3)15-19-11-6-5-7-12-19/h5-13,16,24H,14-15H2,1-4H3. The number of ether oxygens (including phenoxy) is 1. The summed E-state index contributed by atoms with van der Waals surface area (Å²) in [5.41, 5.74) is 5.08. The number of fused-ring (bicyclic) bond motifs is 1.